The van der Waals surface area contributed by atoms with Gasteiger partial charge in [-0.2, -0.15) is 0 Å². The summed E-state index contributed by atoms with van der Waals surface area (Å²) >= 11 is 0. The number of halogens is 6. The van der Waals surface area contributed by atoms with Crippen molar-refractivity contribution >= 4 is 0 Å². The van der Waals surface area contributed by atoms with Crippen molar-refractivity contribution in [3.05, 3.63) is 17.7 Å². The van der Waals surface area contributed by atoms with Crippen molar-refractivity contribution in [1.29, 1.82) is 0 Å². The molecule has 0 aliphatic rings. The summed E-state index contributed by atoms with van der Waals surface area (Å²) in [7, 11) is 1.08. The minimum absolute atomic E-state index is 0.260. The van der Waals surface area contributed by atoms with Crippen LogP contribution < -0.4 is 14.2 Å². The second-order valence-corrected chi connectivity index (χ2v) is 3.34. The van der Waals surface area contributed by atoms with Gasteiger partial charge in [0, 0.05) is 17.7 Å². The minimum atomic E-state index is -5.04. The van der Waals surface area contributed by atoms with Crippen LogP contribution in [0.1, 0.15) is 5.56 Å². The van der Waals surface area contributed by atoms with Crippen molar-refractivity contribution in [2.75, 3.05) is 7.11 Å². The summed E-state index contributed by atoms with van der Waals surface area (Å²) in [6.07, 6.45) is -10.1. The summed E-state index contributed by atoms with van der Waals surface area (Å²) in [5.41, 5.74) is -0.449. The molecular weight excluding hydrogens is 282 g/mol. The van der Waals surface area contributed by atoms with Gasteiger partial charge < -0.3 is 14.2 Å². The molecule has 1 aromatic rings. The molecule has 19 heavy (non-hydrogen) atoms. The van der Waals surface area contributed by atoms with Gasteiger partial charge in [-0.1, -0.05) is 0 Å². The van der Waals surface area contributed by atoms with Crippen LogP contribution in [0.5, 0.6) is 17.2 Å². The van der Waals surface area contributed by atoms with Crippen molar-refractivity contribution in [3.63, 3.8) is 0 Å². The standard InChI is InChI=1S/C10H8F6O3/c1-5-7(18-9(11,12)13)3-6(17-2)4-8(5)19-10(14,15)16/h3-4H,1-2H3. The first kappa shape index (κ1) is 15.3. The Labute approximate surface area is 103 Å². The molecular formula is C10H8F6O3. The highest BCUT2D eigenvalue weighted by Gasteiger charge is 2.35. The summed E-state index contributed by atoms with van der Waals surface area (Å²) in [6.45, 7) is 1.00. The van der Waals surface area contributed by atoms with E-state index in [0.29, 0.717) is 0 Å². The number of benzene rings is 1. The molecule has 0 saturated carbocycles. The molecule has 0 amide bonds. The fourth-order valence-corrected chi connectivity index (χ4v) is 1.22. The smallest absolute Gasteiger partial charge is 0.496 e. The van der Waals surface area contributed by atoms with E-state index in [1.807, 2.05) is 0 Å². The monoisotopic (exact) mass is 290 g/mol. The normalized spacial score (nSPS) is 12.2. The molecule has 0 N–H and O–H groups in total. The Morgan fingerprint density at radius 1 is 0.842 bits per heavy atom. The molecule has 0 radical (unpaired) electrons. The number of ether oxygens (including phenoxy) is 3. The zero-order valence-electron chi connectivity index (χ0n) is 9.65. The molecule has 108 valence electrons. The minimum Gasteiger partial charge on any atom is -0.496 e. The van der Waals surface area contributed by atoms with Gasteiger partial charge in [-0.3, -0.25) is 0 Å². The van der Waals surface area contributed by atoms with Crippen LogP contribution in [0.4, 0.5) is 26.3 Å². The Balaban J connectivity index is 3.21. The van der Waals surface area contributed by atoms with Gasteiger partial charge in [-0.05, 0) is 6.92 Å². The Hall–Kier alpha value is -1.80. The fraction of sp³-hybridized carbons (Fsp3) is 0.400. The number of methoxy groups -OCH3 is 1. The lowest BCUT2D eigenvalue weighted by Gasteiger charge is -2.17. The van der Waals surface area contributed by atoms with Gasteiger partial charge in [0.25, 0.3) is 0 Å². The molecule has 9 heteroatoms. The van der Waals surface area contributed by atoms with E-state index in [2.05, 4.69) is 14.2 Å². The van der Waals surface area contributed by atoms with Crippen molar-refractivity contribution < 1.29 is 40.6 Å². The van der Waals surface area contributed by atoms with Crippen LogP contribution in [0.25, 0.3) is 0 Å². The molecule has 1 aromatic carbocycles. The maximum Gasteiger partial charge on any atom is 0.573 e. The largest absolute Gasteiger partial charge is 0.573 e. The van der Waals surface area contributed by atoms with E-state index in [9.17, 15) is 26.3 Å². The van der Waals surface area contributed by atoms with E-state index in [1.54, 1.807) is 0 Å². The topological polar surface area (TPSA) is 27.7 Å². The summed E-state index contributed by atoms with van der Waals surface area (Å²) in [4.78, 5) is 0. The Morgan fingerprint density at radius 3 is 1.47 bits per heavy atom. The maximum absolute atomic E-state index is 12.1. The third kappa shape index (κ3) is 4.76. The van der Waals surface area contributed by atoms with Gasteiger partial charge in [-0.25, -0.2) is 0 Å². The summed E-state index contributed by atoms with van der Waals surface area (Å²) < 4.78 is 84.4. The lowest BCUT2D eigenvalue weighted by atomic mass is 10.2. The number of rotatable bonds is 3. The highest BCUT2D eigenvalue weighted by atomic mass is 19.4. The molecule has 1 rings (SSSR count). The van der Waals surface area contributed by atoms with Crippen LogP contribution in [0.2, 0.25) is 0 Å². The predicted octanol–water partition coefficient (Wildman–Crippen LogP) is 3.80. The molecule has 0 aromatic heterocycles. The SMILES string of the molecule is COc1cc(OC(F)(F)F)c(C)c(OC(F)(F)F)c1. The van der Waals surface area contributed by atoms with Gasteiger partial charge in [0.15, 0.2) is 0 Å². The zero-order chi connectivity index (χ0) is 14.8. The molecule has 3 nitrogen and oxygen atoms in total. The molecule has 0 bridgehead atoms. The van der Waals surface area contributed by atoms with Crippen LogP contribution in [0, 0.1) is 6.92 Å². The lowest BCUT2D eigenvalue weighted by molar-refractivity contribution is -0.277. The van der Waals surface area contributed by atoms with E-state index in [4.69, 9.17) is 0 Å². The van der Waals surface area contributed by atoms with Crippen molar-refractivity contribution in [2.24, 2.45) is 0 Å². The highest BCUT2D eigenvalue weighted by molar-refractivity contribution is 5.50. The molecule has 0 aliphatic heterocycles. The van der Waals surface area contributed by atoms with Gasteiger partial charge >= 0.3 is 12.7 Å². The Morgan fingerprint density at radius 2 is 1.21 bits per heavy atom. The summed E-state index contributed by atoms with van der Waals surface area (Å²) in [6, 6.07) is 1.62. The number of hydrogen-bond acceptors (Lipinski definition) is 3. The van der Waals surface area contributed by atoms with Crippen LogP contribution in [0.15, 0.2) is 12.1 Å². The Bertz CT molecular complexity index is 415. The lowest BCUT2D eigenvalue weighted by Crippen LogP contribution is -2.20. The van der Waals surface area contributed by atoms with Crippen molar-refractivity contribution in [3.8, 4) is 17.2 Å². The first-order valence-electron chi connectivity index (χ1n) is 4.72. The van der Waals surface area contributed by atoms with E-state index in [1.165, 1.54) is 0 Å². The maximum atomic E-state index is 12.1. The predicted molar refractivity (Wildman–Crippen MR) is 51.1 cm³/mol. The van der Waals surface area contributed by atoms with Gasteiger partial charge in [0.1, 0.15) is 17.2 Å². The number of alkyl halides is 6. The van der Waals surface area contributed by atoms with Crippen LogP contribution in [-0.4, -0.2) is 19.8 Å². The average molecular weight is 290 g/mol. The van der Waals surface area contributed by atoms with E-state index in [-0.39, 0.29) is 5.75 Å². The fourth-order valence-electron chi connectivity index (χ4n) is 1.22. The zero-order valence-corrected chi connectivity index (χ0v) is 9.65. The van der Waals surface area contributed by atoms with Gasteiger partial charge in [0.2, 0.25) is 0 Å². The number of hydrogen-bond donors (Lipinski definition) is 0. The van der Waals surface area contributed by atoms with E-state index >= 15 is 0 Å². The quantitative estimate of drug-likeness (QED) is 0.792. The van der Waals surface area contributed by atoms with Crippen LogP contribution >= 0.6 is 0 Å². The molecule has 0 unspecified atom stereocenters. The van der Waals surface area contributed by atoms with Crippen LogP contribution in [-0.2, 0) is 0 Å². The highest BCUT2D eigenvalue weighted by Crippen LogP contribution is 2.38. The Kier molecular flexibility index (Phi) is 4.06. The average Bonchev–Trinajstić information content (AvgIpc) is 2.19. The van der Waals surface area contributed by atoms with Crippen LogP contribution in [0.3, 0.4) is 0 Å². The molecule has 0 heterocycles. The molecule has 0 aliphatic carbocycles. The third-order valence-corrected chi connectivity index (χ3v) is 1.97. The van der Waals surface area contributed by atoms with Crippen molar-refractivity contribution in [2.45, 2.75) is 19.6 Å². The third-order valence-electron chi connectivity index (χ3n) is 1.97. The van der Waals surface area contributed by atoms with Gasteiger partial charge in [0.05, 0.1) is 7.11 Å². The second-order valence-electron chi connectivity index (χ2n) is 3.34. The van der Waals surface area contributed by atoms with E-state index < -0.39 is 29.8 Å². The van der Waals surface area contributed by atoms with Gasteiger partial charge in [-0.15, -0.1) is 26.3 Å². The molecule has 0 saturated heterocycles. The van der Waals surface area contributed by atoms with E-state index in [0.717, 1.165) is 26.2 Å². The van der Waals surface area contributed by atoms with Crippen molar-refractivity contribution in [1.82, 2.24) is 0 Å². The molecule has 0 fully saturated rings. The molecule has 0 atom stereocenters. The first-order chi connectivity index (χ1) is 8.52. The first-order valence-corrected chi connectivity index (χ1v) is 4.72. The second kappa shape index (κ2) is 5.06. The summed E-state index contributed by atoms with van der Waals surface area (Å²) in [5.74, 6) is -1.92. The molecule has 0 spiro atoms. The summed E-state index contributed by atoms with van der Waals surface area (Å²) in [5, 5.41) is 0.